The Balaban J connectivity index is 1.04. The molecule has 12 rings (SSSR count). The van der Waals surface area contributed by atoms with Crippen LogP contribution in [-0.4, -0.2) is 21.0 Å². The van der Waals surface area contributed by atoms with Crippen molar-refractivity contribution >= 4 is 59.9 Å². The average molecular weight is 749 g/mol. The summed E-state index contributed by atoms with van der Waals surface area (Å²) >= 11 is 1.79. The van der Waals surface area contributed by atoms with Crippen LogP contribution in [0.5, 0.6) is 0 Å². The van der Waals surface area contributed by atoms with Crippen molar-refractivity contribution in [1.82, 2.24) is 15.0 Å². The van der Waals surface area contributed by atoms with Crippen molar-refractivity contribution in [2.75, 3.05) is 4.90 Å². The first-order chi connectivity index (χ1) is 28.2. The molecule has 0 saturated carbocycles. The molecule has 10 aromatic rings. The van der Waals surface area contributed by atoms with E-state index in [-0.39, 0.29) is 12.0 Å². The van der Waals surface area contributed by atoms with E-state index < -0.39 is 0 Å². The van der Waals surface area contributed by atoms with Crippen LogP contribution in [0.25, 0.3) is 82.5 Å². The van der Waals surface area contributed by atoms with E-state index in [4.69, 9.17) is 19.4 Å². The third-order valence-corrected chi connectivity index (χ3v) is 12.6. The molecule has 2 unspecified atom stereocenters. The molecule has 0 bridgehead atoms. The molecule has 3 aromatic heterocycles. The number of thiophene rings is 1. The predicted molar refractivity (Wildman–Crippen MR) is 234 cm³/mol. The summed E-state index contributed by atoms with van der Waals surface area (Å²) in [7, 11) is 0. The van der Waals surface area contributed by atoms with Crippen LogP contribution in [0.4, 0.5) is 11.4 Å². The summed E-state index contributed by atoms with van der Waals surface area (Å²) in [6, 6.07) is 60.0. The Bertz CT molecular complexity index is 3220. The first kappa shape index (κ1) is 32.1. The number of hydrogen-bond donors (Lipinski definition) is 0. The van der Waals surface area contributed by atoms with Crippen LogP contribution < -0.4 is 4.90 Å². The van der Waals surface area contributed by atoms with E-state index in [9.17, 15) is 0 Å². The Hall–Kier alpha value is -7.15. The molecule has 0 spiro atoms. The van der Waals surface area contributed by atoms with Gasteiger partial charge < -0.3 is 9.32 Å². The molecule has 0 amide bonds. The van der Waals surface area contributed by atoms with Crippen LogP contribution in [0.1, 0.15) is 22.8 Å². The minimum atomic E-state index is 0.0937. The van der Waals surface area contributed by atoms with Gasteiger partial charge in [-0.05, 0) is 65.2 Å². The van der Waals surface area contributed by atoms with E-state index in [0.717, 1.165) is 44.5 Å². The third-order valence-electron chi connectivity index (χ3n) is 11.5. The largest absolute Gasteiger partial charge is 0.456 e. The molecule has 1 aliphatic heterocycles. The van der Waals surface area contributed by atoms with E-state index in [1.165, 1.54) is 42.7 Å². The summed E-state index contributed by atoms with van der Waals surface area (Å²) in [5.41, 5.74) is 10.6. The molecular weight excluding hydrogens is 717 g/mol. The third kappa shape index (κ3) is 5.11. The summed E-state index contributed by atoms with van der Waals surface area (Å²) in [4.78, 5) is 18.1. The van der Waals surface area contributed by atoms with Gasteiger partial charge in [0, 0.05) is 59.5 Å². The fraction of sp³-hybridized carbons (Fsp3) is 0.0392. The Morgan fingerprint density at radius 2 is 1.18 bits per heavy atom. The molecule has 268 valence electrons. The van der Waals surface area contributed by atoms with Crippen molar-refractivity contribution in [2.45, 2.75) is 12.0 Å². The number of nitrogens with zero attached hydrogens (tertiary/aromatic N) is 4. The van der Waals surface area contributed by atoms with Gasteiger partial charge in [0.05, 0.1) is 11.6 Å². The number of para-hydroxylation sites is 3. The summed E-state index contributed by atoms with van der Waals surface area (Å²) in [5, 5.41) is 3.58. The summed E-state index contributed by atoms with van der Waals surface area (Å²) in [6.45, 7) is 0. The normalized spacial score (nSPS) is 15.6. The van der Waals surface area contributed by atoms with E-state index >= 15 is 0 Å². The minimum Gasteiger partial charge on any atom is -0.456 e. The van der Waals surface area contributed by atoms with Crippen LogP contribution in [0.15, 0.2) is 180 Å². The van der Waals surface area contributed by atoms with Gasteiger partial charge in [-0.1, -0.05) is 133 Å². The number of aromatic nitrogens is 3. The van der Waals surface area contributed by atoms with Crippen molar-refractivity contribution in [2.24, 2.45) is 0 Å². The Morgan fingerprint density at radius 1 is 0.509 bits per heavy atom. The lowest BCUT2D eigenvalue weighted by atomic mass is 9.82. The second-order valence-electron chi connectivity index (χ2n) is 14.7. The topological polar surface area (TPSA) is 55.1 Å². The van der Waals surface area contributed by atoms with Gasteiger partial charge in [-0.25, -0.2) is 15.0 Å². The number of furan rings is 1. The molecule has 2 atom stereocenters. The fourth-order valence-corrected chi connectivity index (χ4v) is 10.1. The van der Waals surface area contributed by atoms with Crippen molar-refractivity contribution in [1.29, 1.82) is 0 Å². The van der Waals surface area contributed by atoms with Gasteiger partial charge >= 0.3 is 0 Å². The van der Waals surface area contributed by atoms with Gasteiger partial charge in [-0.3, -0.25) is 0 Å². The maximum Gasteiger partial charge on any atom is 0.167 e. The lowest BCUT2D eigenvalue weighted by Crippen LogP contribution is -2.30. The Kier molecular flexibility index (Phi) is 7.16. The Labute approximate surface area is 332 Å². The van der Waals surface area contributed by atoms with Crippen LogP contribution >= 0.6 is 11.3 Å². The minimum absolute atomic E-state index is 0.0937. The molecule has 0 radical (unpaired) electrons. The van der Waals surface area contributed by atoms with Crippen LogP contribution in [-0.2, 0) is 0 Å². The van der Waals surface area contributed by atoms with Crippen molar-refractivity contribution in [3.63, 3.8) is 0 Å². The molecule has 7 aromatic carbocycles. The number of fused-ring (bicyclic) bond motifs is 10. The zero-order valence-corrected chi connectivity index (χ0v) is 31.4. The maximum atomic E-state index is 6.90. The lowest BCUT2D eigenvalue weighted by molar-refractivity contribution is 0.584. The fourth-order valence-electron chi connectivity index (χ4n) is 8.94. The SMILES string of the molecule is C1=CC2C(c3ccccc3N2c2ccccc2)c2c1oc1c(-c3nc(-c4cccc(-c5ccccc5)c4)nc(-c4ccc5c(c4)sc4ccccc45)n3)cccc21. The molecule has 6 heteroatoms. The van der Waals surface area contributed by atoms with E-state index in [0.29, 0.717) is 17.5 Å². The highest BCUT2D eigenvalue weighted by atomic mass is 32.1. The Morgan fingerprint density at radius 3 is 2.05 bits per heavy atom. The maximum absolute atomic E-state index is 6.90. The highest BCUT2D eigenvalue weighted by Crippen LogP contribution is 2.54. The van der Waals surface area contributed by atoms with Crippen molar-refractivity contribution in [3.8, 4) is 45.3 Å². The first-order valence-corrected chi connectivity index (χ1v) is 20.1. The molecule has 0 saturated heterocycles. The van der Waals surface area contributed by atoms with Gasteiger partial charge in [0.25, 0.3) is 0 Å². The van der Waals surface area contributed by atoms with Crippen LogP contribution in [0.2, 0.25) is 0 Å². The second kappa shape index (κ2) is 12.7. The molecule has 1 aliphatic carbocycles. The predicted octanol–water partition coefficient (Wildman–Crippen LogP) is 13.3. The second-order valence-corrected chi connectivity index (χ2v) is 15.8. The zero-order chi connectivity index (χ0) is 37.5. The van der Waals surface area contributed by atoms with Gasteiger partial charge in [0.1, 0.15) is 11.3 Å². The van der Waals surface area contributed by atoms with Crippen LogP contribution in [0.3, 0.4) is 0 Å². The highest BCUT2D eigenvalue weighted by Gasteiger charge is 2.43. The number of anilines is 2. The van der Waals surface area contributed by atoms with E-state index in [2.05, 4.69) is 181 Å². The standard InChI is InChI=1S/C51H32N4OS/c1-3-13-31(14-4-1)32-15-11-16-33(29-32)49-52-50(34-25-26-37-36-19-8-10-24-44(36)57-45(37)30-34)54-51(53-49)40-22-12-21-39-47-43(56-48(39)40)28-27-42-46(47)38-20-7-9-23-41(38)55(42)35-17-5-2-6-18-35/h1-30,42,46H. The molecule has 5 nitrogen and oxygen atoms in total. The summed E-state index contributed by atoms with van der Waals surface area (Å²) < 4.78 is 9.36. The van der Waals surface area contributed by atoms with Gasteiger partial charge in [-0.2, -0.15) is 0 Å². The lowest BCUT2D eigenvalue weighted by Gasteiger charge is -2.30. The van der Waals surface area contributed by atoms with E-state index in [1.807, 2.05) is 6.07 Å². The van der Waals surface area contributed by atoms with Crippen molar-refractivity contribution in [3.05, 3.63) is 193 Å². The first-order valence-electron chi connectivity index (χ1n) is 19.3. The molecule has 57 heavy (non-hydrogen) atoms. The summed E-state index contributed by atoms with van der Waals surface area (Å²) in [6.07, 6.45) is 4.45. The summed E-state index contributed by atoms with van der Waals surface area (Å²) in [5.74, 6) is 2.78. The van der Waals surface area contributed by atoms with E-state index in [1.54, 1.807) is 11.3 Å². The quantitative estimate of drug-likeness (QED) is 0.175. The zero-order valence-electron chi connectivity index (χ0n) is 30.6. The number of hydrogen-bond acceptors (Lipinski definition) is 6. The molecule has 0 N–H and O–H groups in total. The number of benzene rings is 7. The van der Waals surface area contributed by atoms with Crippen LogP contribution in [0, 0.1) is 0 Å². The molecular formula is C51H32N4OS. The number of rotatable bonds is 5. The average Bonchev–Trinajstić information content (AvgIpc) is 3.96. The monoisotopic (exact) mass is 748 g/mol. The van der Waals surface area contributed by atoms with Gasteiger partial charge in [-0.15, -0.1) is 11.3 Å². The smallest absolute Gasteiger partial charge is 0.167 e. The molecule has 4 heterocycles. The highest BCUT2D eigenvalue weighted by molar-refractivity contribution is 7.25. The molecule has 0 fully saturated rings. The van der Waals surface area contributed by atoms with Gasteiger partial charge in [0.15, 0.2) is 17.5 Å². The van der Waals surface area contributed by atoms with Crippen molar-refractivity contribution < 1.29 is 4.42 Å². The van der Waals surface area contributed by atoms with Gasteiger partial charge in [0.2, 0.25) is 0 Å². The molecule has 2 aliphatic rings.